The van der Waals surface area contributed by atoms with Crippen molar-refractivity contribution in [3.63, 3.8) is 0 Å². The lowest BCUT2D eigenvalue weighted by molar-refractivity contribution is -0.384. The van der Waals surface area contributed by atoms with E-state index in [9.17, 15) is 14.5 Å². The SMILES string of the molecule is O=[N+]([O-])c1ccc(/C=C/c2nnc(-c3ccccc3F)o2)cc1. The molecule has 1 aromatic heterocycles. The zero-order valence-corrected chi connectivity index (χ0v) is 11.7. The predicted molar refractivity (Wildman–Crippen MR) is 81.7 cm³/mol. The lowest BCUT2D eigenvalue weighted by atomic mass is 10.2. The van der Waals surface area contributed by atoms with Crippen LogP contribution < -0.4 is 0 Å². The van der Waals surface area contributed by atoms with E-state index in [1.807, 2.05) is 0 Å². The molecule has 0 atom stereocenters. The largest absolute Gasteiger partial charge is 0.417 e. The molecule has 0 aliphatic rings. The highest BCUT2D eigenvalue weighted by atomic mass is 19.1. The summed E-state index contributed by atoms with van der Waals surface area (Å²) < 4.78 is 19.0. The van der Waals surface area contributed by atoms with E-state index < -0.39 is 10.7 Å². The van der Waals surface area contributed by atoms with Crippen LogP contribution in [0, 0.1) is 15.9 Å². The third kappa shape index (κ3) is 3.29. The molecular weight excluding hydrogens is 301 g/mol. The van der Waals surface area contributed by atoms with Crippen molar-refractivity contribution in [1.29, 1.82) is 0 Å². The number of nitrogens with zero attached hydrogens (tertiary/aromatic N) is 3. The molecule has 0 N–H and O–H groups in total. The lowest BCUT2D eigenvalue weighted by Crippen LogP contribution is -1.86. The van der Waals surface area contributed by atoms with E-state index in [0.29, 0.717) is 0 Å². The normalized spacial score (nSPS) is 11.0. The van der Waals surface area contributed by atoms with Gasteiger partial charge in [-0.1, -0.05) is 12.1 Å². The number of halogens is 1. The third-order valence-electron chi connectivity index (χ3n) is 3.07. The van der Waals surface area contributed by atoms with Crippen LogP contribution in [0.2, 0.25) is 0 Å². The van der Waals surface area contributed by atoms with Gasteiger partial charge < -0.3 is 4.42 Å². The topological polar surface area (TPSA) is 82.1 Å². The van der Waals surface area contributed by atoms with Crippen molar-refractivity contribution in [3.05, 3.63) is 75.9 Å². The van der Waals surface area contributed by atoms with E-state index in [1.165, 1.54) is 18.2 Å². The van der Waals surface area contributed by atoms with E-state index in [0.717, 1.165) is 5.56 Å². The van der Waals surface area contributed by atoms with Gasteiger partial charge in [-0.25, -0.2) is 4.39 Å². The van der Waals surface area contributed by atoms with Crippen molar-refractivity contribution in [2.45, 2.75) is 0 Å². The van der Waals surface area contributed by atoms with Crippen LogP contribution in [0.4, 0.5) is 10.1 Å². The van der Waals surface area contributed by atoms with Crippen LogP contribution in [0.15, 0.2) is 52.9 Å². The van der Waals surface area contributed by atoms with Gasteiger partial charge in [0.1, 0.15) is 5.82 Å². The molecular formula is C16H10FN3O3. The van der Waals surface area contributed by atoms with Crippen LogP contribution in [-0.4, -0.2) is 15.1 Å². The zero-order chi connectivity index (χ0) is 16.2. The second-order valence-corrected chi connectivity index (χ2v) is 4.61. The summed E-state index contributed by atoms with van der Waals surface area (Å²) in [6.07, 6.45) is 3.22. The first-order valence-electron chi connectivity index (χ1n) is 6.64. The molecule has 6 nitrogen and oxygen atoms in total. The fraction of sp³-hybridized carbons (Fsp3) is 0. The fourth-order valence-electron chi connectivity index (χ4n) is 1.92. The van der Waals surface area contributed by atoms with Crippen LogP contribution in [0.5, 0.6) is 0 Å². The summed E-state index contributed by atoms with van der Waals surface area (Å²) in [4.78, 5) is 10.1. The Morgan fingerprint density at radius 1 is 1.04 bits per heavy atom. The Labute approximate surface area is 130 Å². The molecule has 0 unspecified atom stereocenters. The second kappa shape index (κ2) is 6.18. The molecule has 0 aliphatic carbocycles. The molecule has 2 aromatic carbocycles. The Hall–Kier alpha value is -3.35. The molecule has 0 saturated heterocycles. The highest BCUT2D eigenvalue weighted by molar-refractivity contribution is 5.67. The van der Waals surface area contributed by atoms with E-state index in [-0.39, 0.29) is 23.0 Å². The number of nitro benzene ring substituents is 1. The van der Waals surface area contributed by atoms with Crippen LogP contribution >= 0.6 is 0 Å². The minimum atomic E-state index is -0.466. The average Bonchev–Trinajstić information content (AvgIpc) is 3.02. The van der Waals surface area contributed by atoms with Crippen molar-refractivity contribution >= 4 is 17.8 Å². The number of aromatic nitrogens is 2. The predicted octanol–water partition coefficient (Wildman–Crippen LogP) is 3.95. The third-order valence-corrected chi connectivity index (χ3v) is 3.07. The molecule has 23 heavy (non-hydrogen) atoms. The van der Waals surface area contributed by atoms with Gasteiger partial charge in [0.25, 0.3) is 11.6 Å². The average molecular weight is 311 g/mol. The minimum Gasteiger partial charge on any atom is -0.417 e. The van der Waals surface area contributed by atoms with Gasteiger partial charge in [-0.15, -0.1) is 10.2 Å². The summed E-state index contributed by atoms with van der Waals surface area (Å²) in [7, 11) is 0. The maximum Gasteiger partial charge on any atom is 0.269 e. The van der Waals surface area contributed by atoms with Crippen molar-refractivity contribution in [2.75, 3.05) is 0 Å². The molecule has 0 amide bonds. The summed E-state index contributed by atoms with van der Waals surface area (Å²) >= 11 is 0. The molecule has 0 bridgehead atoms. The van der Waals surface area contributed by atoms with Gasteiger partial charge in [-0.2, -0.15) is 0 Å². The quantitative estimate of drug-likeness (QED) is 0.538. The van der Waals surface area contributed by atoms with Crippen LogP contribution in [0.1, 0.15) is 11.5 Å². The molecule has 0 aliphatic heterocycles. The van der Waals surface area contributed by atoms with Gasteiger partial charge in [-0.05, 0) is 35.9 Å². The Morgan fingerprint density at radius 3 is 2.48 bits per heavy atom. The first kappa shape index (κ1) is 14.6. The Bertz CT molecular complexity index is 872. The van der Waals surface area contributed by atoms with Gasteiger partial charge in [0.2, 0.25) is 5.89 Å². The summed E-state index contributed by atoms with van der Waals surface area (Å²) in [6.45, 7) is 0. The van der Waals surface area contributed by atoms with E-state index in [2.05, 4.69) is 10.2 Å². The summed E-state index contributed by atoms with van der Waals surface area (Å²) in [6, 6.07) is 12.1. The highest BCUT2D eigenvalue weighted by Crippen LogP contribution is 2.21. The van der Waals surface area contributed by atoms with E-state index >= 15 is 0 Å². The van der Waals surface area contributed by atoms with Crippen LogP contribution in [-0.2, 0) is 0 Å². The number of hydrogen-bond acceptors (Lipinski definition) is 5. The highest BCUT2D eigenvalue weighted by Gasteiger charge is 2.11. The molecule has 114 valence electrons. The zero-order valence-electron chi connectivity index (χ0n) is 11.7. The Balaban J connectivity index is 1.79. The lowest BCUT2D eigenvalue weighted by Gasteiger charge is -1.95. The molecule has 0 saturated carbocycles. The Kier molecular flexibility index (Phi) is 3.92. The first-order valence-corrected chi connectivity index (χ1v) is 6.64. The van der Waals surface area contributed by atoms with Gasteiger partial charge in [0, 0.05) is 18.2 Å². The maximum atomic E-state index is 13.6. The number of nitro groups is 1. The van der Waals surface area contributed by atoms with Gasteiger partial charge >= 0.3 is 0 Å². The molecule has 3 aromatic rings. The smallest absolute Gasteiger partial charge is 0.269 e. The monoisotopic (exact) mass is 311 g/mol. The van der Waals surface area contributed by atoms with Crippen LogP contribution in [0.25, 0.3) is 23.6 Å². The van der Waals surface area contributed by atoms with Gasteiger partial charge in [0.15, 0.2) is 0 Å². The number of rotatable bonds is 4. The van der Waals surface area contributed by atoms with Crippen LogP contribution in [0.3, 0.4) is 0 Å². The summed E-state index contributed by atoms with van der Waals surface area (Å²) in [5, 5.41) is 18.2. The van der Waals surface area contributed by atoms with E-state index in [1.54, 1.807) is 42.5 Å². The molecule has 3 rings (SSSR count). The molecule has 7 heteroatoms. The van der Waals surface area contributed by atoms with Crippen molar-refractivity contribution in [2.24, 2.45) is 0 Å². The van der Waals surface area contributed by atoms with Crippen molar-refractivity contribution < 1.29 is 13.7 Å². The minimum absolute atomic E-state index is 0.0155. The molecule has 0 radical (unpaired) electrons. The molecule has 1 heterocycles. The maximum absolute atomic E-state index is 13.6. The van der Waals surface area contributed by atoms with E-state index in [4.69, 9.17) is 4.42 Å². The first-order chi connectivity index (χ1) is 11.1. The fourth-order valence-corrected chi connectivity index (χ4v) is 1.92. The summed E-state index contributed by atoms with van der Waals surface area (Å²) in [5.74, 6) is -0.143. The van der Waals surface area contributed by atoms with Gasteiger partial charge in [-0.3, -0.25) is 10.1 Å². The number of hydrogen-bond donors (Lipinski definition) is 0. The second-order valence-electron chi connectivity index (χ2n) is 4.61. The van der Waals surface area contributed by atoms with Gasteiger partial charge in [0.05, 0.1) is 10.5 Å². The number of non-ortho nitro benzene ring substituents is 1. The van der Waals surface area contributed by atoms with Crippen molar-refractivity contribution in [3.8, 4) is 11.5 Å². The molecule has 0 spiro atoms. The Morgan fingerprint density at radius 2 is 1.78 bits per heavy atom. The number of benzene rings is 2. The molecule has 0 fully saturated rings. The van der Waals surface area contributed by atoms with Crippen molar-refractivity contribution in [1.82, 2.24) is 10.2 Å². The summed E-state index contributed by atoms with van der Waals surface area (Å²) in [5.41, 5.74) is 0.984. The standard InChI is InChI=1S/C16H10FN3O3/c17-14-4-2-1-3-13(14)16-19-18-15(23-16)10-7-11-5-8-12(9-6-11)20(21)22/h1-10H/b10-7+.